The topological polar surface area (TPSA) is 38.3 Å². The Hall–Kier alpha value is -1.91. The van der Waals surface area contributed by atoms with E-state index in [1.54, 1.807) is 0 Å². The van der Waals surface area contributed by atoms with Crippen LogP contribution in [0.25, 0.3) is 11.1 Å². The first-order valence-electron chi connectivity index (χ1n) is 7.69. The van der Waals surface area contributed by atoms with Gasteiger partial charge in [0, 0.05) is 22.0 Å². The summed E-state index contributed by atoms with van der Waals surface area (Å²) in [5, 5.41) is 3.75. The molecule has 5 heteroatoms. The summed E-state index contributed by atoms with van der Waals surface area (Å²) in [6.45, 7) is 4.45. The minimum Gasteiger partial charge on any atom is -0.496 e. The second kappa shape index (κ2) is 7.32. The van der Waals surface area contributed by atoms with Gasteiger partial charge in [0.05, 0.1) is 6.61 Å². The molecule has 0 aliphatic carbocycles. The highest BCUT2D eigenvalue weighted by molar-refractivity contribution is 8.04. The van der Waals surface area contributed by atoms with Crippen molar-refractivity contribution < 1.29 is 9.53 Å². The number of rotatable bonds is 3. The van der Waals surface area contributed by atoms with Crippen LogP contribution in [0.15, 0.2) is 53.1 Å². The maximum absolute atomic E-state index is 12.6. The second-order valence-corrected chi connectivity index (χ2v) is 7.06. The molecule has 1 aliphatic rings. The Bertz CT molecular complexity index is 817. The third kappa shape index (κ3) is 3.60. The molecule has 2 aromatic rings. The van der Waals surface area contributed by atoms with Crippen LogP contribution < -0.4 is 5.32 Å². The van der Waals surface area contributed by atoms with Crippen molar-refractivity contribution in [1.82, 2.24) is 0 Å². The number of hydrogen-bond acceptors (Lipinski definition) is 3. The number of anilines is 1. The molecule has 0 aromatic heterocycles. The number of aryl methyl sites for hydroxylation is 1. The largest absolute Gasteiger partial charge is 0.496 e. The lowest BCUT2D eigenvalue weighted by atomic mass is 10.0. The summed E-state index contributed by atoms with van der Waals surface area (Å²) < 4.78 is 5.48. The Morgan fingerprint density at radius 2 is 2.00 bits per heavy atom. The molecule has 3 rings (SSSR count). The normalized spacial score (nSPS) is 14.3. The van der Waals surface area contributed by atoms with Crippen molar-refractivity contribution in [1.29, 1.82) is 0 Å². The maximum Gasteiger partial charge on any atom is 0.265 e. The monoisotopic (exact) mass is 359 g/mol. The van der Waals surface area contributed by atoms with Crippen LogP contribution in [0.4, 0.5) is 5.69 Å². The Labute approximate surface area is 151 Å². The predicted molar refractivity (Wildman–Crippen MR) is 101 cm³/mol. The van der Waals surface area contributed by atoms with E-state index in [9.17, 15) is 4.79 Å². The van der Waals surface area contributed by atoms with Gasteiger partial charge >= 0.3 is 0 Å². The van der Waals surface area contributed by atoms with E-state index in [-0.39, 0.29) is 5.91 Å². The van der Waals surface area contributed by atoms with Crippen molar-refractivity contribution in [2.24, 2.45) is 0 Å². The quantitative estimate of drug-likeness (QED) is 0.813. The van der Waals surface area contributed by atoms with Crippen molar-refractivity contribution in [3.8, 4) is 11.1 Å². The Balaban J connectivity index is 1.92. The first-order chi connectivity index (χ1) is 11.6. The standard InChI is InChI=1S/C19H18ClNO2S/c1-12-11-14(7-8-16(12)20)15-5-3-4-6-17(15)21-19(22)18-13(2)23-9-10-24-18/h3-8,11H,9-10H2,1-2H3,(H,21,22). The van der Waals surface area contributed by atoms with Gasteiger partial charge in [0.2, 0.25) is 0 Å². The highest BCUT2D eigenvalue weighted by atomic mass is 35.5. The SMILES string of the molecule is CC1=C(C(=O)Nc2ccccc2-c2ccc(Cl)c(C)c2)SCCO1. The molecule has 1 aliphatic heterocycles. The number of benzene rings is 2. The first kappa shape index (κ1) is 16.9. The van der Waals surface area contributed by atoms with Crippen LogP contribution >= 0.6 is 23.4 Å². The third-order valence-electron chi connectivity index (χ3n) is 3.82. The van der Waals surface area contributed by atoms with Crippen LogP contribution in [0.2, 0.25) is 5.02 Å². The van der Waals surface area contributed by atoms with E-state index in [2.05, 4.69) is 5.32 Å². The van der Waals surface area contributed by atoms with Crippen LogP contribution in [0.1, 0.15) is 12.5 Å². The third-order valence-corrected chi connectivity index (χ3v) is 5.37. The molecule has 0 bridgehead atoms. The molecule has 24 heavy (non-hydrogen) atoms. The summed E-state index contributed by atoms with van der Waals surface area (Å²) in [7, 11) is 0. The molecule has 0 fully saturated rings. The van der Waals surface area contributed by atoms with Crippen molar-refractivity contribution >= 4 is 35.0 Å². The molecule has 0 unspecified atom stereocenters. The van der Waals surface area contributed by atoms with E-state index in [4.69, 9.17) is 16.3 Å². The van der Waals surface area contributed by atoms with Gasteiger partial charge in [0.1, 0.15) is 10.7 Å². The van der Waals surface area contributed by atoms with Gasteiger partial charge in [-0.2, -0.15) is 0 Å². The fraction of sp³-hybridized carbons (Fsp3) is 0.211. The molecule has 1 heterocycles. The van der Waals surface area contributed by atoms with Gasteiger partial charge in [-0.3, -0.25) is 4.79 Å². The number of ether oxygens (including phenoxy) is 1. The van der Waals surface area contributed by atoms with Crippen molar-refractivity contribution in [2.75, 3.05) is 17.7 Å². The second-order valence-electron chi connectivity index (χ2n) is 5.55. The van der Waals surface area contributed by atoms with E-state index in [0.717, 1.165) is 33.2 Å². The van der Waals surface area contributed by atoms with Gasteiger partial charge in [-0.15, -0.1) is 11.8 Å². The molecule has 0 spiro atoms. The number of thioether (sulfide) groups is 1. The zero-order valence-corrected chi connectivity index (χ0v) is 15.1. The van der Waals surface area contributed by atoms with Crippen molar-refractivity contribution in [3.05, 3.63) is 63.7 Å². The lowest BCUT2D eigenvalue weighted by molar-refractivity contribution is -0.112. The number of allylic oxidation sites excluding steroid dienone is 1. The number of carbonyl (C=O) groups is 1. The zero-order valence-electron chi connectivity index (χ0n) is 13.6. The average Bonchev–Trinajstić information content (AvgIpc) is 2.58. The number of hydrogen-bond donors (Lipinski definition) is 1. The number of nitrogens with one attached hydrogen (secondary N) is 1. The molecular weight excluding hydrogens is 342 g/mol. The van der Waals surface area contributed by atoms with E-state index in [0.29, 0.717) is 17.3 Å². The van der Waals surface area contributed by atoms with E-state index < -0.39 is 0 Å². The minimum atomic E-state index is -0.129. The molecule has 0 radical (unpaired) electrons. The minimum absolute atomic E-state index is 0.129. The summed E-state index contributed by atoms with van der Waals surface area (Å²) >= 11 is 7.65. The smallest absolute Gasteiger partial charge is 0.265 e. The molecule has 2 aromatic carbocycles. The van der Waals surface area contributed by atoms with Gasteiger partial charge in [-0.05, 0) is 43.2 Å². The number of amides is 1. The average molecular weight is 360 g/mol. The highest BCUT2D eigenvalue weighted by Crippen LogP contribution is 2.32. The van der Waals surface area contributed by atoms with Gasteiger partial charge in [-0.25, -0.2) is 0 Å². The fourth-order valence-electron chi connectivity index (χ4n) is 2.57. The van der Waals surface area contributed by atoms with Crippen LogP contribution in [-0.2, 0) is 9.53 Å². The van der Waals surface area contributed by atoms with Gasteiger partial charge < -0.3 is 10.1 Å². The van der Waals surface area contributed by atoms with Crippen LogP contribution in [0.3, 0.4) is 0 Å². The molecule has 0 saturated heterocycles. The summed E-state index contributed by atoms with van der Waals surface area (Å²) in [6, 6.07) is 13.6. The first-order valence-corrected chi connectivity index (χ1v) is 9.06. The van der Waals surface area contributed by atoms with Crippen LogP contribution in [-0.4, -0.2) is 18.3 Å². The molecule has 1 amide bonds. The molecule has 1 N–H and O–H groups in total. The van der Waals surface area contributed by atoms with Gasteiger partial charge in [0.25, 0.3) is 5.91 Å². The number of halogens is 1. The summed E-state index contributed by atoms with van der Waals surface area (Å²) in [5.41, 5.74) is 3.76. The maximum atomic E-state index is 12.6. The van der Waals surface area contributed by atoms with Crippen molar-refractivity contribution in [3.63, 3.8) is 0 Å². The molecule has 3 nitrogen and oxygen atoms in total. The molecular formula is C19H18ClNO2S. The van der Waals surface area contributed by atoms with Gasteiger partial charge in [-0.1, -0.05) is 35.9 Å². The van der Waals surface area contributed by atoms with E-state index in [1.807, 2.05) is 56.3 Å². The lowest BCUT2D eigenvalue weighted by Crippen LogP contribution is -2.18. The van der Waals surface area contributed by atoms with Crippen LogP contribution in [0, 0.1) is 6.92 Å². The number of para-hydroxylation sites is 1. The van der Waals surface area contributed by atoms with Crippen LogP contribution in [0.5, 0.6) is 0 Å². The van der Waals surface area contributed by atoms with Gasteiger partial charge in [0.15, 0.2) is 0 Å². The predicted octanol–water partition coefficient (Wildman–Crippen LogP) is 5.25. The van der Waals surface area contributed by atoms with E-state index in [1.165, 1.54) is 11.8 Å². The summed E-state index contributed by atoms with van der Waals surface area (Å²) in [6.07, 6.45) is 0. The Morgan fingerprint density at radius 3 is 2.75 bits per heavy atom. The Kier molecular flexibility index (Phi) is 5.17. The summed E-state index contributed by atoms with van der Waals surface area (Å²) in [5.74, 6) is 1.34. The zero-order chi connectivity index (χ0) is 17.1. The number of carbonyl (C=O) groups excluding carboxylic acids is 1. The fourth-order valence-corrected chi connectivity index (χ4v) is 3.50. The molecule has 0 saturated carbocycles. The van der Waals surface area contributed by atoms with Crippen molar-refractivity contribution in [2.45, 2.75) is 13.8 Å². The Morgan fingerprint density at radius 1 is 1.21 bits per heavy atom. The highest BCUT2D eigenvalue weighted by Gasteiger charge is 2.19. The van der Waals surface area contributed by atoms with E-state index >= 15 is 0 Å². The molecule has 0 atom stereocenters. The lowest BCUT2D eigenvalue weighted by Gasteiger charge is -2.19. The molecule has 124 valence electrons. The summed E-state index contributed by atoms with van der Waals surface area (Å²) in [4.78, 5) is 13.2.